The van der Waals surface area contributed by atoms with Crippen LogP contribution in [0.2, 0.25) is 0 Å². The number of anilines is 1. The van der Waals surface area contributed by atoms with E-state index in [0.717, 1.165) is 25.9 Å². The minimum absolute atomic E-state index is 0.0404. The zero-order valence-corrected chi connectivity index (χ0v) is 12.8. The normalized spacial score (nSPS) is 13.9. The first-order valence-corrected chi connectivity index (χ1v) is 8.08. The number of nitrogens with zero attached hydrogens (tertiary/aromatic N) is 3. The molecule has 0 radical (unpaired) electrons. The summed E-state index contributed by atoms with van der Waals surface area (Å²) in [4.78, 5) is 15.7. The maximum absolute atomic E-state index is 12.5. The van der Waals surface area contributed by atoms with Crippen LogP contribution in [-0.2, 0) is 13.0 Å². The molecule has 0 aliphatic carbocycles. The highest BCUT2D eigenvalue weighted by atomic mass is 32.1. The topological polar surface area (TPSA) is 58.1 Å². The minimum Gasteiger partial charge on any atom is -0.369 e. The lowest BCUT2D eigenvalue weighted by atomic mass is 10.1. The first kappa shape index (κ1) is 14.0. The Morgan fingerprint density at radius 2 is 2.29 bits per heavy atom. The van der Waals surface area contributed by atoms with E-state index < -0.39 is 0 Å². The molecular weight excluding hydrogens is 284 g/mol. The van der Waals surface area contributed by atoms with Crippen molar-refractivity contribution < 1.29 is 4.79 Å². The number of carbonyl (C=O) groups is 1. The Balaban J connectivity index is 1.68. The third-order valence-electron chi connectivity index (χ3n) is 3.53. The van der Waals surface area contributed by atoms with Crippen LogP contribution in [0.3, 0.4) is 0 Å². The summed E-state index contributed by atoms with van der Waals surface area (Å²) in [5.74, 6) is 0.675. The standard InChI is InChI=1S/C15H18N4OS/c1-2-7-16-14-4-3-12(17-18-14)15(20)19-8-5-13-11(10-19)6-9-21-13/h3-4,6,9H,2,5,7-8,10H2,1H3,(H,16,18). The van der Waals surface area contributed by atoms with Gasteiger partial charge in [-0.1, -0.05) is 6.92 Å². The predicted molar refractivity (Wildman–Crippen MR) is 83.6 cm³/mol. The van der Waals surface area contributed by atoms with Gasteiger partial charge in [0.2, 0.25) is 0 Å². The van der Waals surface area contributed by atoms with Gasteiger partial charge in [-0.2, -0.15) is 0 Å². The number of amides is 1. The molecule has 1 aliphatic rings. The Hall–Kier alpha value is -1.95. The summed E-state index contributed by atoms with van der Waals surface area (Å²) in [5.41, 5.74) is 1.67. The Labute approximate surface area is 128 Å². The van der Waals surface area contributed by atoms with Crippen LogP contribution in [0, 0.1) is 0 Å². The summed E-state index contributed by atoms with van der Waals surface area (Å²) in [6, 6.07) is 5.66. The largest absolute Gasteiger partial charge is 0.369 e. The molecule has 21 heavy (non-hydrogen) atoms. The first-order valence-electron chi connectivity index (χ1n) is 7.20. The number of fused-ring (bicyclic) bond motifs is 1. The highest BCUT2D eigenvalue weighted by Crippen LogP contribution is 2.24. The zero-order valence-electron chi connectivity index (χ0n) is 12.0. The number of thiophene rings is 1. The summed E-state index contributed by atoms with van der Waals surface area (Å²) in [5, 5.41) is 13.4. The summed E-state index contributed by atoms with van der Waals surface area (Å²) in [7, 11) is 0. The zero-order chi connectivity index (χ0) is 14.7. The van der Waals surface area contributed by atoms with Crippen LogP contribution >= 0.6 is 11.3 Å². The van der Waals surface area contributed by atoms with Crippen LogP contribution in [0.15, 0.2) is 23.6 Å². The predicted octanol–water partition coefficient (Wildman–Crippen LogP) is 2.56. The number of hydrogen-bond donors (Lipinski definition) is 1. The van der Waals surface area contributed by atoms with Crippen molar-refractivity contribution in [2.45, 2.75) is 26.3 Å². The van der Waals surface area contributed by atoms with Crippen molar-refractivity contribution in [3.05, 3.63) is 39.7 Å². The fraction of sp³-hybridized carbons (Fsp3) is 0.400. The molecule has 2 aromatic heterocycles. The van der Waals surface area contributed by atoms with Crippen LogP contribution in [0.5, 0.6) is 0 Å². The molecule has 0 unspecified atom stereocenters. The van der Waals surface area contributed by atoms with E-state index in [1.54, 1.807) is 17.4 Å². The summed E-state index contributed by atoms with van der Waals surface area (Å²) < 4.78 is 0. The Kier molecular flexibility index (Phi) is 4.15. The van der Waals surface area contributed by atoms with Gasteiger partial charge in [0.05, 0.1) is 0 Å². The molecule has 3 heterocycles. The average molecular weight is 302 g/mol. The van der Waals surface area contributed by atoms with Crippen LogP contribution in [-0.4, -0.2) is 34.1 Å². The smallest absolute Gasteiger partial charge is 0.274 e. The second-order valence-electron chi connectivity index (χ2n) is 5.08. The molecule has 0 saturated carbocycles. The van der Waals surface area contributed by atoms with E-state index in [1.165, 1.54) is 10.4 Å². The number of rotatable bonds is 4. The minimum atomic E-state index is -0.0404. The molecule has 1 N–H and O–H groups in total. The molecule has 5 nitrogen and oxygen atoms in total. The van der Waals surface area contributed by atoms with Crippen LogP contribution in [0.25, 0.3) is 0 Å². The van der Waals surface area contributed by atoms with Gasteiger partial charge in [0, 0.05) is 24.5 Å². The van der Waals surface area contributed by atoms with Crippen LogP contribution in [0.4, 0.5) is 5.82 Å². The van der Waals surface area contributed by atoms with Gasteiger partial charge in [-0.25, -0.2) is 0 Å². The number of carbonyl (C=O) groups excluding carboxylic acids is 1. The van der Waals surface area contributed by atoms with E-state index in [2.05, 4.69) is 33.9 Å². The van der Waals surface area contributed by atoms with E-state index >= 15 is 0 Å². The average Bonchev–Trinajstić information content (AvgIpc) is 3.00. The molecule has 3 rings (SSSR count). The molecule has 110 valence electrons. The van der Waals surface area contributed by atoms with Gasteiger partial charge in [0.15, 0.2) is 5.69 Å². The van der Waals surface area contributed by atoms with E-state index in [9.17, 15) is 4.79 Å². The summed E-state index contributed by atoms with van der Waals surface area (Å²) in [6.45, 7) is 4.38. The molecule has 6 heteroatoms. The highest BCUT2D eigenvalue weighted by molar-refractivity contribution is 7.10. The maximum atomic E-state index is 12.5. The summed E-state index contributed by atoms with van der Waals surface area (Å²) in [6.07, 6.45) is 1.96. The van der Waals surface area contributed by atoms with Gasteiger partial charge in [0.1, 0.15) is 5.82 Å². The molecule has 2 aromatic rings. The van der Waals surface area contributed by atoms with Gasteiger partial charge in [-0.15, -0.1) is 21.5 Å². The molecular formula is C15H18N4OS. The first-order chi connectivity index (χ1) is 10.3. The second-order valence-corrected chi connectivity index (χ2v) is 6.08. The van der Waals surface area contributed by atoms with Crippen molar-refractivity contribution in [2.24, 2.45) is 0 Å². The maximum Gasteiger partial charge on any atom is 0.274 e. The molecule has 0 atom stereocenters. The highest BCUT2D eigenvalue weighted by Gasteiger charge is 2.23. The summed E-state index contributed by atoms with van der Waals surface area (Å²) >= 11 is 1.77. The van der Waals surface area contributed by atoms with Crippen molar-refractivity contribution in [3.63, 3.8) is 0 Å². The van der Waals surface area contributed by atoms with Crippen molar-refractivity contribution in [2.75, 3.05) is 18.4 Å². The van der Waals surface area contributed by atoms with E-state index in [1.807, 2.05) is 11.0 Å². The van der Waals surface area contributed by atoms with Gasteiger partial charge in [-0.3, -0.25) is 4.79 Å². The molecule has 0 bridgehead atoms. The SMILES string of the molecule is CCCNc1ccc(C(=O)N2CCc3sccc3C2)nn1. The lowest BCUT2D eigenvalue weighted by Crippen LogP contribution is -2.35. The van der Waals surface area contributed by atoms with Crippen molar-refractivity contribution in [1.82, 2.24) is 15.1 Å². The Morgan fingerprint density at radius 3 is 3.05 bits per heavy atom. The van der Waals surface area contributed by atoms with Crippen molar-refractivity contribution in [3.8, 4) is 0 Å². The molecule has 1 aliphatic heterocycles. The van der Waals surface area contributed by atoms with Crippen molar-refractivity contribution in [1.29, 1.82) is 0 Å². The Bertz CT molecular complexity index is 623. The van der Waals surface area contributed by atoms with Gasteiger partial charge in [-0.05, 0) is 42.0 Å². The van der Waals surface area contributed by atoms with Gasteiger partial charge in [0.25, 0.3) is 5.91 Å². The molecule has 0 fully saturated rings. The van der Waals surface area contributed by atoms with Gasteiger partial charge < -0.3 is 10.2 Å². The number of hydrogen-bond acceptors (Lipinski definition) is 5. The monoisotopic (exact) mass is 302 g/mol. The number of nitrogens with one attached hydrogen (secondary N) is 1. The molecule has 0 aromatic carbocycles. The lowest BCUT2D eigenvalue weighted by Gasteiger charge is -2.26. The fourth-order valence-electron chi connectivity index (χ4n) is 2.38. The fourth-order valence-corrected chi connectivity index (χ4v) is 3.27. The second kappa shape index (κ2) is 6.22. The third kappa shape index (κ3) is 3.05. The van der Waals surface area contributed by atoms with Crippen molar-refractivity contribution >= 4 is 23.1 Å². The number of aromatic nitrogens is 2. The molecule has 1 amide bonds. The van der Waals surface area contributed by atoms with E-state index in [-0.39, 0.29) is 5.91 Å². The Morgan fingerprint density at radius 1 is 1.38 bits per heavy atom. The van der Waals surface area contributed by atoms with Gasteiger partial charge >= 0.3 is 0 Å². The van der Waals surface area contributed by atoms with E-state index in [4.69, 9.17) is 0 Å². The third-order valence-corrected chi connectivity index (χ3v) is 4.56. The lowest BCUT2D eigenvalue weighted by molar-refractivity contribution is 0.0728. The molecule has 0 saturated heterocycles. The molecule has 0 spiro atoms. The van der Waals surface area contributed by atoms with Crippen LogP contribution < -0.4 is 5.32 Å². The quantitative estimate of drug-likeness (QED) is 0.943. The van der Waals surface area contributed by atoms with E-state index in [0.29, 0.717) is 18.1 Å². The van der Waals surface area contributed by atoms with Crippen LogP contribution in [0.1, 0.15) is 34.3 Å².